The number of unbranched alkanes of at least 4 members (excludes halogenated alkanes) is 1. The van der Waals surface area contributed by atoms with E-state index in [0.29, 0.717) is 5.92 Å². The molecule has 1 heterocycles. The van der Waals surface area contributed by atoms with Gasteiger partial charge >= 0.3 is 0 Å². The van der Waals surface area contributed by atoms with Crippen molar-refractivity contribution in [2.24, 2.45) is 4.99 Å². The van der Waals surface area contributed by atoms with Crippen LogP contribution < -0.4 is 10.1 Å². The van der Waals surface area contributed by atoms with Gasteiger partial charge in [0.25, 0.3) is 0 Å². The smallest absolute Gasteiger partial charge is 0.119 e. The minimum atomic E-state index is 0.345. The Morgan fingerprint density at radius 2 is 2.11 bits per heavy atom. The van der Waals surface area contributed by atoms with Gasteiger partial charge in [-0.15, -0.1) is 0 Å². The van der Waals surface area contributed by atoms with Crippen molar-refractivity contribution in [1.82, 2.24) is 5.32 Å². The predicted molar refractivity (Wildman–Crippen MR) is 75.6 cm³/mol. The Morgan fingerprint density at radius 3 is 2.72 bits per heavy atom. The van der Waals surface area contributed by atoms with Gasteiger partial charge in [0, 0.05) is 12.5 Å². The Labute approximate surface area is 109 Å². The van der Waals surface area contributed by atoms with Crippen LogP contribution in [0.15, 0.2) is 29.3 Å². The molecule has 3 nitrogen and oxygen atoms in total. The minimum Gasteiger partial charge on any atom is -0.494 e. The van der Waals surface area contributed by atoms with E-state index in [9.17, 15) is 0 Å². The van der Waals surface area contributed by atoms with Crippen LogP contribution in [0.3, 0.4) is 0 Å². The molecule has 1 aliphatic heterocycles. The van der Waals surface area contributed by atoms with Gasteiger partial charge in [0.05, 0.1) is 13.2 Å². The highest BCUT2D eigenvalue weighted by atomic mass is 16.5. The summed E-state index contributed by atoms with van der Waals surface area (Å²) < 4.78 is 5.66. The summed E-state index contributed by atoms with van der Waals surface area (Å²) in [4.78, 5) is 4.47. The third-order valence-corrected chi connectivity index (χ3v) is 3.26. The fourth-order valence-electron chi connectivity index (χ4n) is 2.05. The van der Waals surface area contributed by atoms with Gasteiger partial charge in [0.1, 0.15) is 11.6 Å². The largest absolute Gasteiger partial charge is 0.494 e. The second-order valence-corrected chi connectivity index (χ2v) is 4.69. The van der Waals surface area contributed by atoms with Crippen molar-refractivity contribution in [3.8, 4) is 5.75 Å². The van der Waals surface area contributed by atoms with Crippen LogP contribution >= 0.6 is 0 Å². The molecule has 3 heteroatoms. The van der Waals surface area contributed by atoms with E-state index in [1.54, 1.807) is 0 Å². The lowest BCUT2D eigenvalue weighted by Gasteiger charge is -2.13. The maximum atomic E-state index is 5.66. The number of nitrogens with zero attached hydrogens (tertiary/aromatic N) is 1. The maximum absolute atomic E-state index is 5.66. The van der Waals surface area contributed by atoms with E-state index in [2.05, 4.69) is 48.4 Å². The van der Waals surface area contributed by atoms with Crippen molar-refractivity contribution in [3.63, 3.8) is 0 Å². The Balaban J connectivity index is 1.94. The lowest BCUT2D eigenvalue weighted by atomic mass is 10.00. The summed E-state index contributed by atoms with van der Waals surface area (Å²) in [5.74, 6) is 2.41. The van der Waals surface area contributed by atoms with Crippen LogP contribution in [-0.4, -0.2) is 25.5 Å². The van der Waals surface area contributed by atoms with Gasteiger partial charge in [0.15, 0.2) is 0 Å². The van der Waals surface area contributed by atoms with Gasteiger partial charge < -0.3 is 10.1 Å². The summed E-state index contributed by atoms with van der Waals surface area (Å²) >= 11 is 0. The highest BCUT2D eigenvalue weighted by Crippen LogP contribution is 2.21. The van der Waals surface area contributed by atoms with E-state index in [0.717, 1.165) is 37.7 Å². The first-order chi connectivity index (χ1) is 8.81. The monoisotopic (exact) mass is 246 g/mol. The van der Waals surface area contributed by atoms with Gasteiger partial charge in [0.2, 0.25) is 0 Å². The fourth-order valence-corrected chi connectivity index (χ4v) is 2.05. The number of hydrogen-bond acceptors (Lipinski definition) is 3. The van der Waals surface area contributed by atoms with Crippen LogP contribution in [0.5, 0.6) is 5.75 Å². The standard InChI is InChI=1S/C15H22N2O/c1-3-4-11-18-14-7-5-13(6-8-14)12(2)15-16-9-10-17-15/h5-8,12H,3-4,9-11H2,1-2H3,(H,16,17). The number of aliphatic imine (C=N–C) groups is 1. The topological polar surface area (TPSA) is 33.6 Å². The molecule has 1 atom stereocenters. The molecule has 0 spiro atoms. The van der Waals surface area contributed by atoms with E-state index < -0.39 is 0 Å². The zero-order chi connectivity index (χ0) is 12.8. The van der Waals surface area contributed by atoms with Crippen LogP contribution in [0.1, 0.15) is 38.2 Å². The summed E-state index contributed by atoms with van der Waals surface area (Å²) in [6.45, 7) is 7.03. The molecule has 0 fully saturated rings. The van der Waals surface area contributed by atoms with Gasteiger partial charge in [-0.3, -0.25) is 4.99 Å². The van der Waals surface area contributed by atoms with Gasteiger partial charge in [-0.1, -0.05) is 32.4 Å². The molecule has 0 saturated heterocycles. The Morgan fingerprint density at radius 1 is 1.33 bits per heavy atom. The molecule has 0 aromatic heterocycles. The number of hydrogen-bond donors (Lipinski definition) is 1. The first-order valence-electron chi connectivity index (χ1n) is 6.82. The van der Waals surface area contributed by atoms with Crippen LogP contribution in [-0.2, 0) is 0 Å². The molecule has 1 aromatic rings. The lowest BCUT2D eigenvalue weighted by molar-refractivity contribution is 0.309. The maximum Gasteiger partial charge on any atom is 0.119 e. The summed E-state index contributed by atoms with van der Waals surface area (Å²) in [6.07, 6.45) is 2.28. The highest BCUT2D eigenvalue weighted by Gasteiger charge is 2.15. The average molecular weight is 246 g/mol. The summed E-state index contributed by atoms with van der Waals surface area (Å²) in [6, 6.07) is 8.37. The van der Waals surface area contributed by atoms with Crippen molar-refractivity contribution in [2.75, 3.05) is 19.7 Å². The molecule has 0 aliphatic carbocycles. The van der Waals surface area contributed by atoms with E-state index >= 15 is 0 Å². The van der Waals surface area contributed by atoms with Gasteiger partial charge in [-0.05, 0) is 24.1 Å². The molecule has 0 saturated carbocycles. The number of nitrogens with one attached hydrogen (secondary N) is 1. The molecule has 98 valence electrons. The quantitative estimate of drug-likeness (QED) is 0.783. The minimum absolute atomic E-state index is 0.345. The van der Waals surface area contributed by atoms with Crippen molar-refractivity contribution < 1.29 is 4.74 Å². The predicted octanol–water partition coefficient (Wildman–Crippen LogP) is 2.97. The van der Waals surface area contributed by atoms with E-state index in [1.165, 1.54) is 12.0 Å². The zero-order valence-electron chi connectivity index (χ0n) is 11.3. The second-order valence-electron chi connectivity index (χ2n) is 4.69. The SMILES string of the molecule is CCCCOc1ccc(C(C)C2=NCCN2)cc1. The van der Waals surface area contributed by atoms with Crippen molar-refractivity contribution in [3.05, 3.63) is 29.8 Å². The fraction of sp³-hybridized carbons (Fsp3) is 0.533. The van der Waals surface area contributed by atoms with Crippen LogP contribution in [0, 0.1) is 0 Å². The van der Waals surface area contributed by atoms with Gasteiger partial charge in [-0.25, -0.2) is 0 Å². The van der Waals surface area contributed by atoms with E-state index in [1.807, 2.05) is 0 Å². The molecule has 1 aromatic carbocycles. The number of amidine groups is 1. The molecule has 1 N–H and O–H groups in total. The number of ether oxygens (including phenoxy) is 1. The summed E-state index contributed by atoms with van der Waals surface area (Å²) in [5.41, 5.74) is 1.28. The van der Waals surface area contributed by atoms with Crippen LogP contribution in [0.25, 0.3) is 0 Å². The average Bonchev–Trinajstić information content (AvgIpc) is 2.93. The van der Waals surface area contributed by atoms with E-state index in [-0.39, 0.29) is 0 Å². The molecule has 2 rings (SSSR count). The Bertz CT molecular complexity index is 397. The third-order valence-electron chi connectivity index (χ3n) is 3.26. The van der Waals surface area contributed by atoms with Gasteiger partial charge in [-0.2, -0.15) is 0 Å². The van der Waals surface area contributed by atoms with Crippen molar-refractivity contribution in [2.45, 2.75) is 32.6 Å². The van der Waals surface area contributed by atoms with Crippen LogP contribution in [0.4, 0.5) is 0 Å². The van der Waals surface area contributed by atoms with Crippen molar-refractivity contribution >= 4 is 5.84 Å². The Hall–Kier alpha value is -1.51. The first-order valence-corrected chi connectivity index (χ1v) is 6.82. The highest BCUT2D eigenvalue weighted by molar-refractivity contribution is 5.89. The molecular formula is C15H22N2O. The normalized spacial score (nSPS) is 16.0. The molecule has 18 heavy (non-hydrogen) atoms. The molecule has 0 radical (unpaired) electrons. The molecule has 0 amide bonds. The summed E-state index contributed by atoms with van der Waals surface area (Å²) in [7, 11) is 0. The van der Waals surface area contributed by atoms with Crippen LogP contribution in [0.2, 0.25) is 0 Å². The Kier molecular flexibility index (Phi) is 4.62. The molecular weight excluding hydrogens is 224 g/mol. The second kappa shape index (κ2) is 6.43. The molecule has 0 bridgehead atoms. The summed E-state index contributed by atoms with van der Waals surface area (Å²) in [5, 5.41) is 3.33. The number of rotatable bonds is 6. The first kappa shape index (κ1) is 12.9. The zero-order valence-corrected chi connectivity index (χ0v) is 11.3. The molecule has 1 aliphatic rings. The lowest BCUT2D eigenvalue weighted by Crippen LogP contribution is -2.23. The number of benzene rings is 1. The van der Waals surface area contributed by atoms with E-state index in [4.69, 9.17) is 4.74 Å². The third kappa shape index (κ3) is 3.25. The van der Waals surface area contributed by atoms with Crippen molar-refractivity contribution in [1.29, 1.82) is 0 Å². The molecule has 1 unspecified atom stereocenters.